The Morgan fingerprint density at radius 3 is 2.42 bits per heavy atom. The van der Waals surface area contributed by atoms with Crippen LogP contribution in [0.5, 0.6) is 0 Å². The van der Waals surface area contributed by atoms with Gasteiger partial charge in [0.15, 0.2) is 0 Å². The minimum absolute atomic E-state index is 0.291. The third-order valence-corrected chi connectivity index (χ3v) is 5.01. The van der Waals surface area contributed by atoms with Crippen molar-refractivity contribution in [2.75, 3.05) is 52.5 Å². The first-order valence-corrected chi connectivity index (χ1v) is 8.06. The largest absolute Gasteiger partial charge is 0.379 e. The number of hydrogen-bond acceptors (Lipinski definition) is 4. The summed E-state index contributed by atoms with van der Waals surface area (Å²) in [4.78, 5) is 5.18. The first-order chi connectivity index (χ1) is 9.30. The highest BCUT2D eigenvalue weighted by molar-refractivity contribution is 4.94. The highest BCUT2D eigenvalue weighted by Gasteiger charge is 2.35. The van der Waals surface area contributed by atoms with Crippen molar-refractivity contribution in [2.45, 2.75) is 44.6 Å². The van der Waals surface area contributed by atoms with E-state index in [2.05, 4.69) is 16.7 Å². The van der Waals surface area contributed by atoms with Crippen molar-refractivity contribution in [1.29, 1.82) is 0 Å². The summed E-state index contributed by atoms with van der Waals surface area (Å²) in [5, 5.41) is 0. The molecule has 19 heavy (non-hydrogen) atoms. The fourth-order valence-electron chi connectivity index (χ4n) is 3.68. The van der Waals surface area contributed by atoms with E-state index in [0.717, 1.165) is 45.9 Å². The first kappa shape index (κ1) is 15.2. The number of nitrogens with zero attached hydrogens (tertiary/aromatic N) is 2. The fourth-order valence-corrected chi connectivity index (χ4v) is 3.68. The Morgan fingerprint density at radius 1 is 1.16 bits per heavy atom. The van der Waals surface area contributed by atoms with E-state index in [-0.39, 0.29) is 0 Å². The van der Waals surface area contributed by atoms with Crippen LogP contribution in [0.3, 0.4) is 0 Å². The molecule has 0 bridgehead atoms. The van der Waals surface area contributed by atoms with Crippen LogP contribution in [-0.2, 0) is 4.74 Å². The van der Waals surface area contributed by atoms with Gasteiger partial charge in [-0.05, 0) is 19.4 Å². The van der Waals surface area contributed by atoms with Gasteiger partial charge in [-0.3, -0.25) is 9.80 Å². The molecule has 1 heterocycles. The standard InChI is InChI=1S/C15H31N3O/c1-2-18(9-8-17-10-12-19-13-11-17)15(14-16)6-4-3-5-7-15/h2-14,16H2,1H3. The normalized spacial score (nSPS) is 24.8. The number of likely N-dealkylation sites (N-methyl/N-ethyl adjacent to an activating group) is 1. The minimum Gasteiger partial charge on any atom is -0.379 e. The van der Waals surface area contributed by atoms with Gasteiger partial charge in [0.1, 0.15) is 0 Å². The average molecular weight is 269 g/mol. The summed E-state index contributed by atoms with van der Waals surface area (Å²) in [5.41, 5.74) is 6.44. The second-order valence-corrected chi connectivity index (χ2v) is 6.02. The molecular formula is C15H31N3O. The molecule has 0 unspecified atom stereocenters. The molecule has 0 atom stereocenters. The van der Waals surface area contributed by atoms with E-state index in [9.17, 15) is 0 Å². The first-order valence-electron chi connectivity index (χ1n) is 8.06. The maximum Gasteiger partial charge on any atom is 0.0594 e. The molecule has 2 rings (SSSR count). The van der Waals surface area contributed by atoms with Crippen LogP contribution in [0.4, 0.5) is 0 Å². The SMILES string of the molecule is CCN(CCN1CCOCC1)C1(CN)CCCCC1. The lowest BCUT2D eigenvalue weighted by Gasteiger charge is -2.46. The zero-order valence-electron chi connectivity index (χ0n) is 12.6. The summed E-state index contributed by atoms with van der Waals surface area (Å²) in [7, 11) is 0. The summed E-state index contributed by atoms with van der Waals surface area (Å²) in [6, 6.07) is 0. The van der Waals surface area contributed by atoms with E-state index >= 15 is 0 Å². The van der Waals surface area contributed by atoms with Crippen molar-refractivity contribution < 1.29 is 4.74 Å². The predicted octanol–water partition coefficient (Wildman–Crippen LogP) is 1.30. The lowest BCUT2D eigenvalue weighted by molar-refractivity contribution is 0.0151. The molecule has 0 spiro atoms. The number of nitrogens with two attached hydrogens (primary N) is 1. The van der Waals surface area contributed by atoms with Crippen LogP contribution in [0.2, 0.25) is 0 Å². The van der Waals surface area contributed by atoms with Crippen molar-refractivity contribution in [3.8, 4) is 0 Å². The molecule has 1 aliphatic heterocycles. The van der Waals surface area contributed by atoms with Crippen LogP contribution in [0.15, 0.2) is 0 Å². The molecule has 1 aliphatic carbocycles. The second-order valence-electron chi connectivity index (χ2n) is 6.02. The molecule has 0 aromatic heterocycles. The van der Waals surface area contributed by atoms with Crippen LogP contribution < -0.4 is 5.73 Å². The molecule has 2 aliphatic rings. The number of ether oxygens (including phenoxy) is 1. The van der Waals surface area contributed by atoms with Crippen molar-refractivity contribution in [1.82, 2.24) is 9.80 Å². The summed E-state index contributed by atoms with van der Waals surface area (Å²) in [5.74, 6) is 0. The molecule has 2 fully saturated rings. The van der Waals surface area contributed by atoms with Crippen molar-refractivity contribution in [3.63, 3.8) is 0 Å². The molecule has 0 aromatic carbocycles. The molecule has 4 nitrogen and oxygen atoms in total. The van der Waals surface area contributed by atoms with Crippen LogP contribution >= 0.6 is 0 Å². The quantitative estimate of drug-likeness (QED) is 0.789. The Hall–Kier alpha value is -0.160. The van der Waals surface area contributed by atoms with Gasteiger partial charge in [-0.2, -0.15) is 0 Å². The molecular weight excluding hydrogens is 238 g/mol. The second kappa shape index (κ2) is 7.58. The summed E-state index contributed by atoms with van der Waals surface area (Å²) >= 11 is 0. The van der Waals surface area contributed by atoms with Crippen LogP contribution in [-0.4, -0.2) is 67.8 Å². The van der Waals surface area contributed by atoms with Gasteiger partial charge in [-0.25, -0.2) is 0 Å². The van der Waals surface area contributed by atoms with Gasteiger partial charge in [-0.1, -0.05) is 26.2 Å². The van der Waals surface area contributed by atoms with Gasteiger partial charge in [-0.15, -0.1) is 0 Å². The molecule has 0 aromatic rings. The zero-order valence-corrected chi connectivity index (χ0v) is 12.6. The van der Waals surface area contributed by atoms with Gasteiger partial charge in [0, 0.05) is 38.3 Å². The lowest BCUT2D eigenvalue weighted by atomic mass is 9.80. The van der Waals surface area contributed by atoms with E-state index in [1.165, 1.54) is 38.6 Å². The van der Waals surface area contributed by atoms with E-state index in [1.54, 1.807) is 0 Å². The van der Waals surface area contributed by atoms with Crippen molar-refractivity contribution in [2.24, 2.45) is 5.73 Å². The Morgan fingerprint density at radius 2 is 1.84 bits per heavy atom. The third-order valence-electron chi connectivity index (χ3n) is 5.01. The van der Waals surface area contributed by atoms with Gasteiger partial charge < -0.3 is 10.5 Å². The highest BCUT2D eigenvalue weighted by Crippen LogP contribution is 2.32. The van der Waals surface area contributed by atoms with E-state index in [4.69, 9.17) is 10.5 Å². The monoisotopic (exact) mass is 269 g/mol. The Bertz CT molecular complexity index is 248. The Kier molecular flexibility index (Phi) is 6.07. The fraction of sp³-hybridized carbons (Fsp3) is 1.00. The lowest BCUT2D eigenvalue weighted by Crippen LogP contribution is -2.57. The van der Waals surface area contributed by atoms with Gasteiger partial charge in [0.25, 0.3) is 0 Å². The zero-order chi connectivity index (χ0) is 13.6. The van der Waals surface area contributed by atoms with E-state index in [0.29, 0.717) is 5.54 Å². The maximum absolute atomic E-state index is 6.15. The maximum atomic E-state index is 6.15. The molecule has 1 saturated carbocycles. The van der Waals surface area contributed by atoms with Crippen LogP contribution in [0.25, 0.3) is 0 Å². The van der Waals surface area contributed by atoms with Crippen molar-refractivity contribution in [3.05, 3.63) is 0 Å². The Labute approximate surface area is 118 Å². The Balaban J connectivity index is 1.86. The predicted molar refractivity (Wildman–Crippen MR) is 79.4 cm³/mol. The molecule has 1 saturated heterocycles. The minimum atomic E-state index is 0.291. The smallest absolute Gasteiger partial charge is 0.0594 e. The van der Waals surface area contributed by atoms with Gasteiger partial charge >= 0.3 is 0 Å². The van der Waals surface area contributed by atoms with E-state index in [1.807, 2.05) is 0 Å². The number of hydrogen-bond donors (Lipinski definition) is 1. The summed E-state index contributed by atoms with van der Waals surface area (Å²) < 4.78 is 5.41. The molecule has 0 radical (unpaired) electrons. The number of morpholine rings is 1. The molecule has 2 N–H and O–H groups in total. The van der Waals surface area contributed by atoms with Crippen molar-refractivity contribution >= 4 is 0 Å². The third kappa shape index (κ3) is 3.91. The average Bonchev–Trinajstić information content (AvgIpc) is 2.50. The summed E-state index contributed by atoms with van der Waals surface area (Å²) in [6.45, 7) is 10.5. The molecule has 112 valence electrons. The number of rotatable bonds is 6. The topological polar surface area (TPSA) is 41.7 Å². The van der Waals surface area contributed by atoms with Gasteiger partial charge in [0.05, 0.1) is 13.2 Å². The van der Waals surface area contributed by atoms with Crippen LogP contribution in [0.1, 0.15) is 39.0 Å². The molecule has 0 amide bonds. The van der Waals surface area contributed by atoms with Crippen LogP contribution in [0, 0.1) is 0 Å². The highest BCUT2D eigenvalue weighted by atomic mass is 16.5. The summed E-state index contributed by atoms with van der Waals surface area (Å²) in [6.07, 6.45) is 6.68. The van der Waals surface area contributed by atoms with Gasteiger partial charge in [0.2, 0.25) is 0 Å². The van der Waals surface area contributed by atoms with E-state index < -0.39 is 0 Å². The molecule has 4 heteroatoms.